The molecule has 4 rings (SSSR count). The Hall–Kier alpha value is -4.20. The maximum atomic E-state index is 13.6. The number of hydrogen-bond donors (Lipinski definition) is 1. The molecular formula is C34H41N3O5. The molecule has 2 heterocycles. The van der Waals surface area contributed by atoms with Crippen LogP contribution in [-0.2, 0) is 33.7 Å². The van der Waals surface area contributed by atoms with Gasteiger partial charge in [0.05, 0.1) is 18.1 Å². The monoisotopic (exact) mass is 571 g/mol. The smallest absolute Gasteiger partial charge is 0.407 e. The number of carbonyl (C=O) groups is 3. The Labute approximate surface area is 248 Å². The van der Waals surface area contributed by atoms with E-state index in [-0.39, 0.29) is 30.9 Å². The van der Waals surface area contributed by atoms with E-state index in [1.165, 1.54) is 5.56 Å². The fourth-order valence-electron chi connectivity index (χ4n) is 5.30. The molecule has 2 aromatic carbocycles. The molecule has 8 heteroatoms. The summed E-state index contributed by atoms with van der Waals surface area (Å²) in [6.45, 7) is 8.58. The Morgan fingerprint density at radius 2 is 1.69 bits per heavy atom. The maximum Gasteiger partial charge on any atom is 0.407 e. The lowest BCUT2D eigenvalue weighted by Crippen LogP contribution is -2.46. The van der Waals surface area contributed by atoms with Crippen molar-refractivity contribution in [2.45, 2.75) is 65.0 Å². The first-order chi connectivity index (χ1) is 20.1. The number of esters is 1. The Kier molecular flexibility index (Phi) is 10.3. The maximum absolute atomic E-state index is 13.6. The van der Waals surface area contributed by atoms with Crippen LogP contribution in [-0.4, -0.2) is 53.2 Å². The van der Waals surface area contributed by atoms with Crippen LogP contribution in [0, 0.1) is 5.92 Å². The number of hydrogen-bond acceptors (Lipinski definition) is 6. The van der Waals surface area contributed by atoms with Gasteiger partial charge in [-0.2, -0.15) is 0 Å². The van der Waals surface area contributed by atoms with Gasteiger partial charge in [-0.3, -0.25) is 14.6 Å². The SMILES string of the molecule is CCOC(=O)C1CN(C(=O)c2cncc(CCc3ccccc3)c2)CCC1c1cccc(CNC(=O)OC(C)(C)C)c1. The van der Waals surface area contributed by atoms with Crippen LogP contribution < -0.4 is 5.32 Å². The van der Waals surface area contributed by atoms with E-state index < -0.39 is 17.6 Å². The van der Waals surface area contributed by atoms with Crippen LogP contribution in [0.4, 0.5) is 4.79 Å². The Bertz CT molecular complexity index is 1370. The summed E-state index contributed by atoms with van der Waals surface area (Å²) in [4.78, 5) is 44.9. The minimum absolute atomic E-state index is 0.120. The van der Waals surface area contributed by atoms with Gasteiger partial charge in [-0.15, -0.1) is 0 Å². The first-order valence-electron chi connectivity index (χ1n) is 14.6. The van der Waals surface area contributed by atoms with Crippen LogP contribution in [0.3, 0.4) is 0 Å². The van der Waals surface area contributed by atoms with Gasteiger partial charge < -0.3 is 19.7 Å². The van der Waals surface area contributed by atoms with Gasteiger partial charge >= 0.3 is 12.1 Å². The molecule has 222 valence electrons. The summed E-state index contributed by atoms with van der Waals surface area (Å²) in [5.74, 6) is -1.07. The van der Waals surface area contributed by atoms with E-state index in [2.05, 4.69) is 22.4 Å². The number of carbonyl (C=O) groups excluding carboxylic acids is 3. The van der Waals surface area contributed by atoms with Gasteiger partial charge in [0.25, 0.3) is 5.91 Å². The van der Waals surface area contributed by atoms with Crippen molar-refractivity contribution in [2.24, 2.45) is 5.92 Å². The molecule has 0 aliphatic carbocycles. The number of benzene rings is 2. The number of ether oxygens (including phenoxy) is 2. The van der Waals surface area contributed by atoms with Gasteiger partial charge in [-0.1, -0.05) is 54.6 Å². The molecule has 3 aromatic rings. The minimum atomic E-state index is -0.580. The van der Waals surface area contributed by atoms with Crippen molar-refractivity contribution in [1.82, 2.24) is 15.2 Å². The molecule has 2 unspecified atom stereocenters. The van der Waals surface area contributed by atoms with Gasteiger partial charge in [0.15, 0.2) is 0 Å². The highest BCUT2D eigenvalue weighted by molar-refractivity contribution is 5.94. The molecule has 1 aliphatic heterocycles. The zero-order valence-corrected chi connectivity index (χ0v) is 25.0. The standard InChI is InChI=1S/C34H41N3O5/c1-5-41-32(39)30-23-37(31(38)28-19-26(20-35-22-28)15-14-24-10-7-6-8-11-24)17-16-29(30)27-13-9-12-25(18-27)21-36-33(40)42-34(2,3)4/h6-13,18-20,22,29-30H,5,14-17,21,23H2,1-4H3,(H,36,40). The van der Waals surface area contributed by atoms with Gasteiger partial charge in [-0.25, -0.2) is 4.79 Å². The molecule has 2 atom stereocenters. The van der Waals surface area contributed by atoms with Gasteiger partial charge in [0.2, 0.25) is 0 Å². The summed E-state index contributed by atoms with van der Waals surface area (Å²) in [5, 5.41) is 2.79. The van der Waals surface area contributed by atoms with E-state index >= 15 is 0 Å². The van der Waals surface area contributed by atoms with E-state index in [1.807, 2.05) is 69.3 Å². The molecule has 2 amide bonds. The van der Waals surface area contributed by atoms with Crippen molar-refractivity contribution >= 4 is 18.0 Å². The molecule has 1 aromatic heterocycles. The van der Waals surface area contributed by atoms with Crippen molar-refractivity contribution in [3.63, 3.8) is 0 Å². The lowest BCUT2D eigenvalue weighted by molar-refractivity contribution is -0.150. The molecule has 1 saturated heterocycles. The molecule has 0 saturated carbocycles. The molecule has 0 bridgehead atoms. The zero-order chi connectivity index (χ0) is 30.1. The molecule has 42 heavy (non-hydrogen) atoms. The predicted octanol–water partition coefficient (Wildman–Crippen LogP) is 5.70. The number of aryl methyl sites for hydroxylation is 2. The van der Waals surface area contributed by atoms with Gasteiger partial charge in [0, 0.05) is 37.9 Å². The number of amides is 2. The average molecular weight is 572 g/mol. The first-order valence-corrected chi connectivity index (χ1v) is 14.6. The number of nitrogens with one attached hydrogen (secondary N) is 1. The van der Waals surface area contributed by atoms with E-state index in [4.69, 9.17) is 9.47 Å². The van der Waals surface area contributed by atoms with Crippen molar-refractivity contribution in [2.75, 3.05) is 19.7 Å². The molecule has 0 radical (unpaired) electrons. The number of alkyl carbamates (subject to hydrolysis) is 1. The summed E-state index contributed by atoms with van der Waals surface area (Å²) >= 11 is 0. The Balaban J connectivity index is 1.45. The van der Waals surface area contributed by atoms with Crippen LogP contribution in [0.1, 0.15) is 72.6 Å². The van der Waals surface area contributed by atoms with Gasteiger partial charge in [0.1, 0.15) is 5.60 Å². The summed E-state index contributed by atoms with van der Waals surface area (Å²) in [7, 11) is 0. The fraction of sp³-hybridized carbons (Fsp3) is 0.412. The summed E-state index contributed by atoms with van der Waals surface area (Å²) < 4.78 is 10.8. The van der Waals surface area contributed by atoms with Crippen LogP contribution >= 0.6 is 0 Å². The predicted molar refractivity (Wildman–Crippen MR) is 161 cm³/mol. The Morgan fingerprint density at radius 3 is 2.43 bits per heavy atom. The summed E-state index contributed by atoms with van der Waals surface area (Å²) in [5.41, 5.74) is 4.06. The third-order valence-corrected chi connectivity index (χ3v) is 7.29. The van der Waals surface area contributed by atoms with Crippen LogP contribution in [0.25, 0.3) is 0 Å². The lowest BCUT2D eigenvalue weighted by Gasteiger charge is -2.37. The van der Waals surface area contributed by atoms with Crippen LogP contribution in [0.5, 0.6) is 0 Å². The third kappa shape index (κ3) is 8.65. The third-order valence-electron chi connectivity index (χ3n) is 7.29. The van der Waals surface area contributed by atoms with E-state index in [0.29, 0.717) is 25.1 Å². The molecule has 1 fully saturated rings. The number of pyridine rings is 1. The number of aromatic nitrogens is 1. The highest BCUT2D eigenvalue weighted by atomic mass is 16.6. The van der Waals surface area contributed by atoms with Crippen LogP contribution in [0.15, 0.2) is 73.1 Å². The van der Waals surface area contributed by atoms with Crippen molar-refractivity contribution < 1.29 is 23.9 Å². The topological polar surface area (TPSA) is 97.8 Å². The van der Waals surface area contributed by atoms with Crippen molar-refractivity contribution in [1.29, 1.82) is 0 Å². The molecule has 8 nitrogen and oxygen atoms in total. The number of likely N-dealkylation sites (tertiary alicyclic amines) is 1. The van der Waals surface area contributed by atoms with Gasteiger partial charge in [-0.05, 0) is 75.3 Å². The normalized spacial score (nSPS) is 16.9. The van der Waals surface area contributed by atoms with E-state index in [0.717, 1.165) is 29.5 Å². The molecule has 1 aliphatic rings. The highest BCUT2D eigenvalue weighted by Crippen LogP contribution is 2.35. The second-order valence-electron chi connectivity index (χ2n) is 11.7. The number of piperidine rings is 1. The second kappa shape index (κ2) is 14.1. The number of rotatable bonds is 9. The zero-order valence-electron chi connectivity index (χ0n) is 25.0. The first kappa shape index (κ1) is 30.8. The van der Waals surface area contributed by atoms with E-state index in [9.17, 15) is 14.4 Å². The molecule has 1 N–H and O–H groups in total. The van der Waals surface area contributed by atoms with Crippen LogP contribution in [0.2, 0.25) is 0 Å². The quantitative estimate of drug-likeness (QED) is 0.331. The summed E-state index contributed by atoms with van der Waals surface area (Å²) in [6, 6.07) is 20.0. The largest absolute Gasteiger partial charge is 0.466 e. The average Bonchev–Trinajstić information content (AvgIpc) is 2.98. The second-order valence-corrected chi connectivity index (χ2v) is 11.7. The molecular weight excluding hydrogens is 530 g/mol. The Morgan fingerprint density at radius 1 is 0.952 bits per heavy atom. The summed E-state index contributed by atoms with van der Waals surface area (Å²) in [6.07, 6.45) is 5.18. The fourth-order valence-corrected chi connectivity index (χ4v) is 5.30. The molecule has 0 spiro atoms. The van der Waals surface area contributed by atoms with E-state index in [1.54, 1.807) is 24.2 Å². The van der Waals surface area contributed by atoms with Crippen molar-refractivity contribution in [3.8, 4) is 0 Å². The number of nitrogens with zero attached hydrogens (tertiary/aromatic N) is 2. The minimum Gasteiger partial charge on any atom is -0.466 e. The lowest BCUT2D eigenvalue weighted by atomic mass is 9.79. The highest BCUT2D eigenvalue weighted by Gasteiger charge is 2.38. The van der Waals surface area contributed by atoms with Crippen molar-refractivity contribution in [3.05, 3.63) is 101 Å².